The first-order chi connectivity index (χ1) is 10.6. The van der Waals surface area contributed by atoms with Crippen molar-refractivity contribution in [2.45, 2.75) is 26.3 Å². The highest BCUT2D eigenvalue weighted by Crippen LogP contribution is 2.20. The average Bonchev–Trinajstić information content (AvgIpc) is 2.55. The number of nitrogens with one attached hydrogen (secondary N) is 1. The Bertz CT molecular complexity index is 663. The Labute approximate surface area is 130 Å². The Kier molecular flexibility index (Phi) is 5.31. The van der Waals surface area contributed by atoms with Crippen LogP contribution in [-0.2, 0) is 6.42 Å². The smallest absolute Gasteiger partial charge is 0.336 e. The molecule has 2 aromatic rings. The van der Waals surface area contributed by atoms with Crippen LogP contribution in [0, 0.1) is 0 Å². The molecule has 2 N–H and O–H groups in total. The van der Waals surface area contributed by atoms with E-state index in [9.17, 15) is 9.90 Å². The fourth-order valence-electron chi connectivity index (χ4n) is 2.20. The summed E-state index contributed by atoms with van der Waals surface area (Å²) in [7, 11) is 0. The summed E-state index contributed by atoms with van der Waals surface area (Å²) in [5.74, 6) is -0.930. The lowest BCUT2D eigenvalue weighted by atomic mass is 10.0. The molecule has 0 spiro atoms. The second kappa shape index (κ2) is 7.41. The highest BCUT2D eigenvalue weighted by Gasteiger charge is 2.13. The molecule has 1 unspecified atom stereocenters. The monoisotopic (exact) mass is 296 g/mol. The van der Waals surface area contributed by atoms with Gasteiger partial charge in [-0.05, 0) is 42.7 Å². The van der Waals surface area contributed by atoms with E-state index in [2.05, 4.69) is 29.4 Å². The summed E-state index contributed by atoms with van der Waals surface area (Å²) in [4.78, 5) is 15.6. The lowest BCUT2D eigenvalue weighted by Crippen LogP contribution is -2.05. The first-order valence-corrected chi connectivity index (χ1v) is 7.31. The van der Waals surface area contributed by atoms with E-state index in [0.717, 1.165) is 12.1 Å². The predicted octanol–water partition coefficient (Wildman–Crippen LogP) is 4.15. The number of carbonyl (C=O) groups is 1. The largest absolute Gasteiger partial charge is 0.478 e. The van der Waals surface area contributed by atoms with E-state index in [1.807, 2.05) is 25.1 Å². The van der Waals surface area contributed by atoms with E-state index in [-0.39, 0.29) is 6.04 Å². The zero-order chi connectivity index (χ0) is 15.9. The number of benzene rings is 2. The molecule has 0 saturated carbocycles. The molecule has 0 aliphatic heterocycles. The molecule has 0 bridgehead atoms. The lowest BCUT2D eigenvalue weighted by Gasteiger charge is -2.10. The number of nitrogens with zero attached hydrogens (tertiary/aromatic N) is 1. The molecule has 4 heteroatoms. The summed E-state index contributed by atoms with van der Waals surface area (Å²) in [6.45, 7) is 3.99. The standard InChI is InChI=1S/C18H20N2O2/c1-3-14-8-10-15(11-9-14)20-12-19-13(2)16-6-4-5-7-17(16)18(21)22/h4-13H,3H2,1-2H3,(H,19,20)(H,21,22). The Morgan fingerprint density at radius 3 is 2.55 bits per heavy atom. The third-order valence-corrected chi connectivity index (χ3v) is 3.53. The summed E-state index contributed by atoms with van der Waals surface area (Å²) in [6, 6.07) is 14.8. The van der Waals surface area contributed by atoms with Gasteiger partial charge in [-0.2, -0.15) is 0 Å². The van der Waals surface area contributed by atoms with Crippen LogP contribution < -0.4 is 5.32 Å². The minimum Gasteiger partial charge on any atom is -0.478 e. The van der Waals surface area contributed by atoms with Gasteiger partial charge in [0.05, 0.1) is 17.9 Å². The molecule has 0 aliphatic carbocycles. The van der Waals surface area contributed by atoms with E-state index in [0.29, 0.717) is 11.1 Å². The molecular weight excluding hydrogens is 276 g/mol. The van der Waals surface area contributed by atoms with Gasteiger partial charge in [0.1, 0.15) is 0 Å². The number of carboxylic acids is 1. The molecule has 2 rings (SSSR count). The molecule has 22 heavy (non-hydrogen) atoms. The third-order valence-electron chi connectivity index (χ3n) is 3.53. The Hall–Kier alpha value is -2.62. The number of rotatable bonds is 6. The molecule has 0 aromatic heterocycles. The normalized spacial score (nSPS) is 12.3. The van der Waals surface area contributed by atoms with Gasteiger partial charge in [0, 0.05) is 5.69 Å². The van der Waals surface area contributed by atoms with Gasteiger partial charge in [0.25, 0.3) is 0 Å². The van der Waals surface area contributed by atoms with Gasteiger partial charge in [-0.1, -0.05) is 37.3 Å². The fourth-order valence-corrected chi connectivity index (χ4v) is 2.20. The van der Waals surface area contributed by atoms with Crippen molar-refractivity contribution in [2.24, 2.45) is 4.99 Å². The summed E-state index contributed by atoms with van der Waals surface area (Å²) in [5.41, 5.74) is 3.24. The summed E-state index contributed by atoms with van der Waals surface area (Å²) in [5, 5.41) is 12.3. The summed E-state index contributed by atoms with van der Waals surface area (Å²) < 4.78 is 0. The molecule has 0 saturated heterocycles. The zero-order valence-electron chi connectivity index (χ0n) is 12.8. The Morgan fingerprint density at radius 1 is 1.23 bits per heavy atom. The molecule has 0 amide bonds. The van der Waals surface area contributed by atoms with Gasteiger partial charge >= 0.3 is 5.97 Å². The van der Waals surface area contributed by atoms with Crippen LogP contribution >= 0.6 is 0 Å². The molecule has 0 radical (unpaired) electrons. The number of aryl methyl sites for hydroxylation is 1. The number of anilines is 1. The third kappa shape index (κ3) is 3.95. The first-order valence-electron chi connectivity index (χ1n) is 7.31. The van der Waals surface area contributed by atoms with Crippen LogP contribution in [-0.4, -0.2) is 17.4 Å². The van der Waals surface area contributed by atoms with E-state index in [1.54, 1.807) is 24.5 Å². The number of carboxylic acid groups (broad SMARTS) is 1. The van der Waals surface area contributed by atoms with Crippen LogP contribution in [0.3, 0.4) is 0 Å². The first kappa shape index (κ1) is 15.8. The molecule has 1 atom stereocenters. The molecule has 0 heterocycles. The molecule has 2 aromatic carbocycles. The predicted molar refractivity (Wildman–Crippen MR) is 89.8 cm³/mol. The number of aliphatic imine (C=N–C) groups is 1. The lowest BCUT2D eigenvalue weighted by molar-refractivity contribution is 0.0695. The van der Waals surface area contributed by atoms with Gasteiger partial charge in [-0.3, -0.25) is 4.99 Å². The van der Waals surface area contributed by atoms with Crippen molar-refractivity contribution in [2.75, 3.05) is 5.32 Å². The van der Waals surface area contributed by atoms with Crippen molar-refractivity contribution in [3.63, 3.8) is 0 Å². The molecule has 0 aliphatic rings. The highest BCUT2D eigenvalue weighted by atomic mass is 16.4. The molecule has 0 fully saturated rings. The fraction of sp³-hybridized carbons (Fsp3) is 0.222. The molecular formula is C18H20N2O2. The zero-order valence-corrected chi connectivity index (χ0v) is 12.8. The van der Waals surface area contributed by atoms with Crippen molar-refractivity contribution in [3.8, 4) is 0 Å². The van der Waals surface area contributed by atoms with Crippen LogP contribution in [0.4, 0.5) is 5.69 Å². The van der Waals surface area contributed by atoms with E-state index in [4.69, 9.17) is 0 Å². The maximum Gasteiger partial charge on any atom is 0.336 e. The van der Waals surface area contributed by atoms with Crippen LogP contribution in [0.1, 0.15) is 41.4 Å². The van der Waals surface area contributed by atoms with Crippen LogP contribution in [0.15, 0.2) is 53.5 Å². The van der Waals surface area contributed by atoms with Gasteiger partial charge in [0.2, 0.25) is 0 Å². The van der Waals surface area contributed by atoms with Crippen molar-refractivity contribution >= 4 is 18.0 Å². The van der Waals surface area contributed by atoms with Crippen LogP contribution in [0.2, 0.25) is 0 Å². The topological polar surface area (TPSA) is 61.7 Å². The molecule has 114 valence electrons. The van der Waals surface area contributed by atoms with Crippen molar-refractivity contribution < 1.29 is 9.90 Å². The van der Waals surface area contributed by atoms with E-state index >= 15 is 0 Å². The second-order valence-electron chi connectivity index (χ2n) is 5.04. The van der Waals surface area contributed by atoms with Crippen LogP contribution in [0.5, 0.6) is 0 Å². The minimum absolute atomic E-state index is 0.227. The van der Waals surface area contributed by atoms with E-state index < -0.39 is 5.97 Å². The van der Waals surface area contributed by atoms with E-state index in [1.165, 1.54) is 5.56 Å². The van der Waals surface area contributed by atoms with Crippen molar-refractivity contribution in [1.82, 2.24) is 0 Å². The number of aromatic carboxylic acids is 1. The summed E-state index contributed by atoms with van der Waals surface area (Å²) >= 11 is 0. The molecule has 4 nitrogen and oxygen atoms in total. The summed E-state index contributed by atoms with van der Waals surface area (Å²) in [6.07, 6.45) is 2.63. The van der Waals surface area contributed by atoms with Gasteiger partial charge in [0.15, 0.2) is 0 Å². The highest BCUT2D eigenvalue weighted by molar-refractivity contribution is 5.89. The average molecular weight is 296 g/mol. The quantitative estimate of drug-likeness (QED) is 0.622. The maximum atomic E-state index is 11.2. The Morgan fingerprint density at radius 2 is 1.91 bits per heavy atom. The second-order valence-corrected chi connectivity index (χ2v) is 5.04. The minimum atomic E-state index is -0.930. The number of hydrogen-bond donors (Lipinski definition) is 2. The van der Waals surface area contributed by atoms with Gasteiger partial charge in [-0.15, -0.1) is 0 Å². The van der Waals surface area contributed by atoms with Crippen LogP contribution in [0.25, 0.3) is 0 Å². The van der Waals surface area contributed by atoms with Gasteiger partial charge < -0.3 is 10.4 Å². The van der Waals surface area contributed by atoms with Crippen molar-refractivity contribution in [1.29, 1.82) is 0 Å². The number of hydrogen-bond acceptors (Lipinski definition) is 2. The van der Waals surface area contributed by atoms with Crippen molar-refractivity contribution in [3.05, 3.63) is 65.2 Å². The maximum absolute atomic E-state index is 11.2. The Balaban J connectivity index is 2.05. The SMILES string of the molecule is CCc1ccc(NC=NC(C)c2ccccc2C(=O)O)cc1. The van der Waals surface area contributed by atoms with Gasteiger partial charge in [-0.25, -0.2) is 4.79 Å².